The molecule has 0 aliphatic carbocycles. The normalized spacial score (nSPS) is 12.0. The number of benzene rings is 2. The van der Waals surface area contributed by atoms with Crippen molar-refractivity contribution < 1.29 is 9.59 Å². The van der Waals surface area contributed by atoms with Gasteiger partial charge in [-0.3, -0.25) is 9.59 Å². The lowest BCUT2D eigenvalue weighted by molar-refractivity contribution is -0.122. The van der Waals surface area contributed by atoms with Crippen molar-refractivity contribution in [1.82, 2.24) is 5.32 Å². The van der Waals surface area contributed by atoms with Crippen LogP contribution >= 0.6 is 0 Å². The molecule has 3 nitrogen and oxygen atoms in total. The zero-order chi connectivity index (χ0) is 18.4. The summed E-state index contributed by atoms with van der Waals surface area (Å²) in [5, 5.41) is 3.07. The van der Waals surface area contributed by atoms with Gasteiger partial charge in [0.05, 0.1) is 6.04 Å². The van der Waals surface area contributed by atoms with Crippen LogP contribution in [0.15, 0.2) is 48.5 Å². The van der Waals surface area contributed by atoms with E-state index in [0.29, 0.717) is 0 Å². The van der Waals surface area contributed by atoms with E-state index in [9.17, 15) is 9.59 Å². The van der Waals surface area contributed by atoms with Crippen molar-refractivity contribution >= 4 is 11.7 Å². The maximum absolute atomic E-state index is 12.4. The van der Waals surface area contributed by atoms with Gasteiger partial charge in [-0.1, -0.05) is 61.9 Å². The highest BCUT2D eigenvalue weighted by molar-refractivity contribution is 5.99. The molecular weight excluding hydrogens is 310 g/mol. The van der Waals surface area contributed by atoms with Crippen LogP contribution in [-0.2, 0) is 4.79 Å². The number of hydrogen-bond donors (Lipinski definition) is 1. The summed E-state index contributed by atoms with van der Waals surface area (Å²) in [6.07, 6.45) is 0.442. The first-order chi connectivity index (χ1) is 11.9. The van der Waals surface area contributed by atoms with Crippen molar-refractivity contribution in [2.24, 2.45) is 5.92 Å². The highest BCUT2D eigenvalue weighted by atomic mass is 16.2. The summed E-state index contributed by atoms with van der Waals surface area (Å²) in [5.74, 6) is 0.222. The SMILES string of the molecule is Cc1ccc(C)c(C(=O)CCC(=O)NC(c2ccccc2)C(C)C)c1. The van der Waals surface area contributed by atoms with E-state index in [1.807, 2.05) is 62.4 Å². The lowest BCUT2D eigenvalue weighted by atomic mass is 9.95. The zero-order valence-electron chi connectivity index (χ0n) is 15.5. The molecular formula is C22H27NO2. The predicted molar refractivity (Wildman–Crippen MR) is 102 cm³/mol. The number of rotatable bonds is 7. The van der Waals surface area contributed by atoms with E-state index < -0.39 is 0 Å². The Bertz CT molecular complexity index is 735. The van der Waals surface area contributed by atoms with Gasteiger partial charge >= 0.3 is 0 Å². The van der Waals surface area contributed by atoms with Crippen LogP contribution in [0.1, 0.15) is 59.8 Å². The van der Waals surface area contributed by atoms with Crippen molar-refractivity contribution in [1.29, 1.82) is 0 Å². The van der Waals surface area contributed by atoms with Crippen LogP contribution in [0.25, 0.3) is 0 Å². The molecule has 25 heavy (non-hydrogen) atoms. The Kier molecular flexibility index (Phi) is 6.51. The lowest BCUT2D eigenvalue weighted by Crippen LogP contribution is -2.31. The second-order valence-corrected chi connectivity index (χ2v) is 6.94. The maximum Gasteiger partial charge on any atom is 0.220 e. The smallest absolute Gasteiger partial charge is 0.220 e. The van der Waals surface area contributed by atoms with E-state index in [-0.39, 0.29) is 36.5 Å². The molecule has 132 valence electrons. The Morgan fingerprint density at radius 3 is 2.28 bits per heavy atom. The molecule has 1 N–H and O–H groups in total. The third kappa shape index (κ3) is 5.28. The van der Waals surface area contributed by atoms with E-state index in [1.54, 1.807) is 0 Å². The quantitative estimate of drug-likeness (QED) is 0.739. The standard InChI is InChI=1S/C22H27NO2/c1-15(2)22(18-8-6-5-7-9-18)23-21(25)13-12-20(24)19-14-16(3)10-11-17(19)4/h5-11,14-15,22H,12-13H2,1-4H3,(H,23,25). The molecule has 1 atom stereocenters. The second-order valence-electron chi connectivity index (χ2n) is 6.94. The summed E-state index contributed by atoms with van der Waals surface area (Å²) >= 11 is 0. The molecule has 0 saturated heterocycles. The van der Waals surface area contributed by atoms with Gasteiger partial charge in [0.25, 0.3) is 0 Å². The topological polar surface area (TPSA) is 46.2 Å². The highest BCUT2D eigenvalue weighted by Crippen LogP contribution is 2.21. The van der Waals surface area contributed by atoms with Crippen LogP contribution in [0.3, 0.4) is 0 Å². The molecule has 0 aromatic heterocycles. The molecule has 0 aliphatic rings. The van der Waals surface area contributed by atoms with Crippen LogP contribution in [-0.4, -0.2) is 11.7 Å². The molecule has 2 aromatic rings. The minimum absolute atomic E-state index is 0.0251. The van der Waals surface area contributed by atoms with E-state index in [0.717, 1.165) is 22.3 Å². The average molecular weight is 337 g/mol. The molecule has 0 spiro atoms. The average Bonchev–Trinajstić information content (AvgIpc) is 2.60. The summed E-state index contributed by atoms with van der Waals surface area (Å²) in [5.41, 5.74) is 3.82. The Morgan fingerprint density at radius 2 is 1.64 bits per heavy atom. The third-order valence-corrected chi connectivity index (χ3v) is 4.41. The molecule has 0 bridgehead atoms. The first-order valence-electron chi connectivity index (χ1n) is 8.83. The van der Waals surface area contributed by atoms with Gasteiger partial charge in [0.15, 0.2) is 5.78 Å². The molecule has 3 heteroatoms. The third-order valence-electron chi connectivity index (χ3n) is 4.41. The molecule has 2 rings (SSSR count). The van der Waals surface area contributed by atoms with Gasteiger partial charge in [-0.05, 0) is 37.0 Å². The fourth-order valence-electron chi connectivity index (χ4n) is 2.94. The first kappa shape index (κ1) is 18.9. The molecule has 2 aromatic carbocycles. The minimum atomic E-state index is -0.0822. The van der Waals surface area contributed by atoms with Gasteiger partial charge in [-0.2, -0.15) is 0 Å². The fourth-order valence-corrected chi connectivity index (χ4v) is 2.94. The largest absolute Gasteiger partial charge is 0.349 e. The summed E-state index contributed by atoms with van der Waals surface area (Å²) in [4.78, 5) is 24.8. The van der Waals surface area contributed by atoms with Crippen molar-refractivity contribution in [2.45, 2.75) is 46.6 Å². The molecule has 0 fully saturated rings. The number of carbonyl (C=O) groups excluding carboxylic acids is 2. The summed E-state index contributed by atoms with van der Waals surface area (Å²) in [6.45, 7) is 8.06. The number of carbonyl (C=O) groups is 2. The van der Waals surface area contributed by atoms with Gasteiger partial charge in [0.2, 0.25) is 5.91 Å². The molecule has 1 unspecified atom stereocenters. The molecule has 1 amide bonds. The summed E-state index contributed by atoms with van der Waals surface area (Å²) < 4.78 is 0. The van der Waals surface area contributed by atoms with Crippen LogP contribution in [0.5, 0.6) is 0 Å². The molecule has 0 radical (unpaired) electrons. The summed E-state index contributed by atoms with van der Waals surface area (Å²) in [7, 11) is 0. The first-order valence-corrected chi connectivity index (χ1v) is 8.83. The zero-order valence-corrected chi connectivity index (χ0v) is 15.5. The van der Waals surface area contributed by atoms with Crippen molar-refractivity contribution in [3.05, 3.63) is 70.8 Å². The molecule has 0 heterocycles. The van der Waals surface area contributed by atoms with Gasteiger partial charge in [-0.15, -0.1) is 0 Å². The van der Waals surface area contributed by atoms with Crippen LogP contribution in [0.2, 0.25) is 0 Å². The number of ketones is 1. The predicted octanol–water partition coefficient (Wildman–Crippen LogP) is 4.78. The van der Waals surface area contributed by atoms with Crippen molar-refractivity contribution in [3.63, 3.8) is 0 Å². The van der Waals surface area contributed by atoms with E-state index in [2.05, 4.69) is 19.2 Å². The summed E-state index contributed by atoms with van der Waals surface area (Å²) in [6, 6.07) is 15.8. The van der Waals surface area contributed by atoms with Crippen LogP contribution in [0, 0.1) is 19.8 Å². The van der Waals surface area contributed by atoms with E-state index >= 15 is 0 Å². The highest BCUT2D eigenvalue weighted by Gasteiger charge is 2.19. The van der Waals surface area contributed by atoms with Crippen molar-refractivity contribution in [3.8, 4) is 0 Å². The second kappa shape index (κ2) is 8.61. The molecule has 0 aliphatic heterocycles. The fraction of sp³-hybridized carbons (Fsp3) is 0.364. The van der Waals surface area contributed by atoms with Crippen LogP contribution < -0.4 is 5.32 Å². The van der Waals surface area contributed by atoms with Crippen molar-refractivity contribution in [2.75, 3.05) is 0 Å². The number of nitrogens with one attached hydrogen (secondary N) is 1. The number of Topliss-reactive ketones (excluding diaryl/α,β-unsaturated/α-hetero) is 1. The van der Waals surface area contributed by atoms with Gasteiger partial charge < -0.3 is 5.32 Å². The van der Waals surface area contributed by atoms with E-state index in [4.69, 9.17) is 0 Å². The Morgan fingerprint density at radius 1 is 0.960 bits per heavy atom. The van der Waals surface area contributed by atoms with Gasteiger partial charge in [0, 0.05) is 18.4 Å². The Hall–Kier alpha value is -2.42. The number of hydrogen-bond acceptors (Lipinski definition) is 2. The van der Waals surface area contributed by atoms with E-state index in [1.165, 1.54) is 0 Å². The van der Waals surface area contributed by atoms with Crippen LogP contribution in [0.4, 0.5) is 0 Å². The Balaban J connectivity index is 1.97. The molecule has 0 saturated carbocycles. The minimum Gasteiger partial charge on any atom is -0.349 e. The monoisotopic (exact) mass is 337 g/mol. The Labute approximate surface area is 150 Å². The van der Waals surface area contributed by atoms with Gasteiger partial charge in [0.1, 0.15) is 0 Å². The number of amides is 1. The maximum atomic E-state index is 12.4. The lowest BCUT2D eigenvalue weighted by Gasteiger charge is -2.23. The number of aryl methyl sites for hydroxylation is 2. The van der Waals surface area contributed by atoms with Gasteiger partial charge in [-0.25, -0.2) is 0 Å².